The van der Waals surface area contributed by atoms with Crippen LogP contribution in [0.25, 0.3) is 0 Å². The fourth-order valence-corrected chi connectivity index (χ4v) is 1.31. The molecule has 1 heterocycles. The third-order valence-corrected chi connectivity index (χ3v) is 2.35. The van der Waals surface area contributed by atoms with Gasteiger partial charge in [0.15, 0.2) is 0 Å². The first kappa shape index (κ1) is 18.4. The summed E-state index contributed by atoms with van der Waals surface area (Å²) in [7, 11) is 0. The Morgan fingerprint density at radius 2 is 1.42 bits per heavy atom. The molecule has 5 nitrogen and oxygen atoms in total. The van der Waals surface area contributed by atoms with E-state index < -0.39 is 0 Å². The maximum atomic E-state index is 9.01. The summed E-state index contributed by atoms with van der Waals surface area (Å²) in [5, 5.41) is 16.3. The van der Waals surface area contributed by atoms with Gasteiger partial charge < -0.3 is 4.84 Å². The van der Waals surface area contributed by atoms with Gasteiger partial charge in [0.25, 0.3) is 0 Å². The van der Waals surface area contributed by atoms with Crippen LogP contribution in [0.15, 0.2) is 120 Å². The molecule has 0 radical (unpaired) electrons. The Bertz CT molecular complexity index is 693. The molecule has 0 amide bonds. The van der Waals surface area contributed by atoms with Crippen molar-refractivity contribution in [3.63, 3.8) is 0 Å². The van der Waals surface area contributed by atoms with Gasteiger partial charge in [-0.3, -0.25) is 0 Å². The van der Waals surface area contributed by atoms with E-state index in [1.807, 2.05) is 54.7 Å². The predicted octanol–water partition coefficient (Wildman–Crippen LogP) is 4.70. The third kappa shape index (κ3) is 11.1. The highest BCUT2D eigenvalue weighted by Crippen LogP contribution is 1.96. The minimum atomic E-state index is 0.528. The van der Waals surface area contributed by atoms with Gasteiger partial charge in [0, 0.05) is 0 Å². The highest BCUT2D eigenvalue weighted by atomic mass is 16.7. The minimum absolute atomic E-state index is 0.528. The van der Waals surface area contributed by atoms with Crippen LogP contribution in [0.5, 0.6) is 0 Å². The fraction of sp³-hybridized carbons (Fsp3) is 0. The quantitative estimate of drug-likeness (QED) is 0.703. The number of hydrogen-bond acceptors (Lipinski definition) is 5. The van der Waals surface area contributed by atoms with E-state index >= 15 is 0 Å². The van der Waals surface area contributed by atoms with E-state index in [1.54, 1.807) is 36.5 Å². The van der Waals surface area contributed by atoms with Crippen molar-refractivity contribution in [2.75, 3.05) is 0 Å². The molecule has 0 saturated carbocycles. The molecule has 1 N–H and O–H groups in total. The number of nitrogens with one attached hydrogen (secondary N) is 1. The van der Waals surface area contributed by atoms with Crippen molar-refractivity contribution >= 4 is 0 Å². The second-order valence-electron chi connectivity index (χ2n) is 4.11. The van der Waals surface area contributed by atoms with Crippen LogP contribution < -0.4 is 5.59 Å². The van der Waals surface area contributed by atoms with Crippen molar-refractivity contribution in [3.8, 4) is 6.07 Å². The van der Waals surface area contributed by atoms with Crippen LogP contribution in [-0.2, 0) is 4.84 Å². The second kappa shape index (κ2) is 14.3. The summed E-state index contributed by atoms with van der Waals surface area (Å²) in [6, 6.07) is 2.09. The average Bonchev–Trinajstić information content (AvgIpc) is 2.60. The van der Waals surface area contributed by atoms with Crippen molar-refractivity contribution < 1.29 is 4.84 Å². The van der Waals surface area contributed by atoms with Gasteiger partial charge in [-0.2, -0.15) is 5.26 Å². The number of hydrogen-bond donors (Lipinski definition) is 1. The zero-order valence-corrected chi connectivity index (χ0v) is 13.1. The Balaban J connectivity index is 2.76. The van der Waals surface area contributed by atoms with Crippen molar-refractivity contribution in [3.05, 3.63) is 109 Å². The van der Waals surface area contributed by atoms with E-state index in [4.69, 9.17) is 10.1 Å². The molecule has 0 fully saturated rings. The summed E-state index contributed by atoms with van der Waals surface area (Å²) in [6.07, 6.45) is 30.1. The van der Waals surface area contributed by atoms with Crippen LogP contribution >= 0.6 is 0 Å². The molecule has 1 rings (SSSR count). The first-order chi connectivity index (χ1) is 11.9. The molecule has 0 aromatic heterocycles. The van der Waals surface area contributed by atoms with Crippen molar-refractivity contribution in [2.45, 2.75) is 0 Å². The van der Waals surface area contributed by atoms with Gasteiger partial charge in [-0.15, -0.1) is 10.7 Å². The van der Waals surface area contributed by atoms with Gasteiger partial charge >= 0.3 is 0 Å². The molecule has 0 unspecified atom stereocenters. The largest absolute Gasteiger partial charge is 0.372 e. The highest BCUT2D eigenvalue weighted by molar-refractivity contribution is 5.37. The molecule has 0 spiro atoms. The summed E-state index contributed by atoms with van der Waals surface area (Å²) < 4.78 is 0. The number of rotatable bonds is 0. The van der Waals surface area contributed by atoms with E-state index in [2.05, 4.69) is 22.0 Å². The molecule has 120 valence electrons. The van der Waals surface area contributed by atoms with Crippen LogP contribution in [0.4, 0.5) is 0 Å². The average molecular weight is 318 g/mol. The first-order valence-electron chi connectivity index (χ1n) is 7.17. The zero-order valence-electron chi connectivity index (χ0n) is 13.1. The standard InChI is InChI=1S/C19H18N4O/c20-18-19-14-10-8-6-4-2-1-3-5-7-9-13-17-24-23-22-21-16-12-11-15-19/h1-17H,(H,21,23)/b2-1+,5-3+,6-4-,9-7+,10-8+,15-11?,16-12-,17-13+,19-14?. The molecule has 0 aromatic rings. The van der Waals surface area contributed by atoms with Gasteiger partial charge in [0.2, 0.25) is 0 Å². The maximum absolute atomic E-state index is 9.01. The summed E-state index contributed by atoms with van der Waals surface area (Å²) >= 11 is 0. The van der Waals surface area contributed by atoms with E-state index in [0.717, 1.165) is 0 Å². The molecule has 0 aromatic carbocycles. The lowest BCUT2D eigenvalue weighted by Crippen LogP contribution is -1.98. The topological polar surface area (TPSA) is 69.8 Å². The van der Waals surface area contributed by atoms with Crippen molar-refractivity contribution in [1.29, 1.82) is 5.26 Å². The number of allylic oxidation sites excluding steroid dienone is 16. The zero-order chi connectivity index (χ0) is 17.1. The molecular formula is C19H18N4O. The number of nitriles is 1. The SMILES string of the molecule is N#CC1=C/C=C/C=C\C=C\C=C\C=C\C=C\ONN=N/C=C\C=C1. The Labute approximate surface area is 142 Å². The summed E-state index contributed by atoms with van der Waals surface area (Å²) in [5.41, 5.74) is 2.82. The lowest BCUT2D eigenvalue weighted by Gasteiger charge is -1.91. The molecule has 0 atom stereocenters. The van der Waals surface area contributed by atoms with Gasteiger partial charge in [-0.25, -0.2) is 0 Å². The second-order valence-corrected chi connectivity index (χ2v) is 4.11. The Hall–Kier alpha value is -3.65. The van der Waals surface area contributed by atoms with Crippen LogP contribution in [-0.4, -0.2) is 0 Å². The molecule has 0 bridgehead atoms. The van der Waals surface area contributed by atoms with Gasteiger partial charge in [-0.1, -0.05) is 66.8 Å². The van der Waals surface area contributed by atoms with Crippen molar-refractivity contribution in [2.24, 2.45) is 10.3 Å². The van der Waals surface area contributed by atoms with E-state index in [-0.39, 0.29) is 0 Å². The highest BCUT2D eigenvalue weighted by Gasteiger charge is 1.83. The smallest absolute Gasteiger partial charge is 0.121 e. The molecule has 0 saturated heterocycles. The predicted molar refractivity (Wildman–Crippen MR) is 95.9 cm³/mol. The van der Waals surface area contributed by atoms with E-state index in [1.165, 1.54) is 12.5 Å². The van der Waals surface area contributed by atoms with E-state index in [0.29, 0.717) is 5.57 Å². The summed E-state index contributed by atoms with van der Waals surface area (Å²) in [4.78, 5) is 4.88. The Morgan fingerprint density at radius 3 is 2.08 bits per heavy atom. The molecule has 5 heteroatoms. The summed E-state index contributed by atoms with van der Waals surface area (Å²) in [5.74, 6) is 0. The van der Waals surface area contributed by atoms with Crippen LogP contribution in [0.1, 0.15) is 0 Å². The van der Waals surface area contributed by atoms with E-state index in [9.17, 15) is 0 Å². The molecule has 24 heavy (non-hydrogen) atoms. The molecule has 1 aliphatic heterocycles. The Morgan fingerprint density at radius 1 is 0.792 bits per heavy atom. The molecular weight excluding hydrogens is 300 g/mol. The third-order valence-electron chi connectivity index (χ3n) is 2.35. The van der Waals surface area contributed by atoms with Gasteiger partial charge in [-0.05, 0) is 29.5 Å². The lowest BCUT2D eigenvalue weighted by molar-refractivity contribution is 0.131. The lowest BCUT2D eigenvalue weighted by atomic mass is 10.2. The van der Waals surface area contributed by atoms with Crippen molar-refractivity contribution in [1.82, 2.24) is 5.59 Å². The van der Waals surface area contributed by atoms with Gasteiger partial charge in [0.05, 0.1) is 17.8 Å². The monoisotopic (exact) mass is 318 g/mol. The maximum Gasteiger partial charge on any atom is 0.121 e. The number of nitrogens with zero attached hydrogens (tertiary/aromatic N) is 3. The Kier molecular flexibility index (Phi) is 11.0. The normalized spacial score (nSPS) is 25.0. The summed E-state index contributed by atoms with van der Waals surface area (Å²) in [6.45, 7) is 0. The molecule has 0 aliphatic carbocycles. The minimum Gasteiger partial charge on any atom is -0.372 e. The van der Waals surface area contributed by atoms with Crippen LogP contribution in [0.3, 0.4) is 0 Å². The van der Waals surface area contributed by atoms with Crippen LogP contribution in [0.2, 0.25) is 0 Å². The fourth-order valence-electron chi connectivity index (χ4n) is 1.31. The van der Waals surface area contributed by atoms with Gasteiger partial charge in [0.1, 0.15) is 6.26 Å². The first-order valence-corrected chi connectivity index (χ1v) is 7.17. The molecule has 1 aliphatic rings. The van der Waals surface area contributed by atoms with Crippen LogP contribution in [0, 0.1) is 11.3 Å².